The summed E-state index contributed by atoms with van der Waals surface area (Å²) < 4.78 is 10.3. The summed E-state index contributed by atoms with van der Waals surface area (Å²) in [6.07, 6.45) is -0.995. The molecule has 0 radical (unpaired) electrons. The average Bonchev–Trinajstić information content (AvgIpc) is 2.75. The van der Waals surface area contributed by atoms with Crippen LogP contribution in [0.4, 0.5) is 4.79 Å². The van der Waals surface area contributed by atoms with Crippen molar-refractivity contribution in [2.24, 2.45) is 0 Å². The number of carbonyl (C=O) groups is 1. The van der Waals surface area contributed by atoms with Crippen molar-refractivity contribution >= 4 is 6.16 Å². The zero-order valence-corrected chi connectivity index (χ0v) is 10.6. The quantitative estimate of drug-likeness (QED) is 0.762. The van der Waals surface area contributed by atoms with Crippen molar-refractivity contribution < 1.29 is 14.3 Å². The molecule has 0 fully saturated rings. The molecule has 0 saturated carbocycles. The summed E-state index contributed by atoms with van der Waals surface area (Å²) in [5, 5.41) is 0. The number of hydrogen-bond acceptors (Lipinski definition) is 3. The van der Waals surface area contributed by atoms with E-state index in [0.717, 1.165) is 22.3 Å². The topological polar surface area (TPSA) is 35.5 Å². The van der Waals surface area contributed by atoms with Gasteiger partial charge in [-0.2, -0.15) is 0 Å². The first-order valence-electron chi connectivity index (χ1n) is 6.33. The number of carbonyl (C=O) groups excluding carboxylic acids is 1. The Morgan fingerprint density at radius 1 is 1.00 bits per heavy atom. The lowest BCUT2D eigenvalue weighted by atomic mass is 10.1. The van der Waals surface area contributed by atoms with Crippen LogP contribution in [0.1, 0.15) is 24.2 Å². The van der Waals surface area contributed by atoms with Crippen LogP contribution in [-0.4, -0.2) is 12.8 Å². The van der Waals surface area contributed by atoms with E-state index in [2.05, 4.69) is 0 Å². The van der Waals surface area contributed by atoms with Crippen molar-refractivity contribution in [1.82, 2.24) is 0 Å². The Labute approximate surface area is 111 Å². The molecule has 3 nitrogen and oxygen atoms in total. The van der Waals surface area contributed by atoms with E-state index in [1.807, 2.05) is 48.5 Å². The lowest BCUT2D eigenvalue weighted by Crippen LogP contribution is -2.12. The minimum absolute atomic E-state index is 0.314. The van der Waals surface area contributed by atoms with Crippen LogP contribution in [0.25, 0.3) is 11.1 Å². The second-order valence-corrected chi connectivity index (χ2v) is 4.36. The summed E-state index contributed by atoms with van der Waals surface area (Å²) in [5.74, 6) is 0. The molecule has 2 aromatic carbocycles. The zero-order valence-electron chi connectivity index (χ0n) is 10.6. The van der Waals surface area contributed by atoms with Crippen molar-refractivity contribution in [1.29, 1.82) is 0 Å². The molecule has 96 valence electrons. The summed E-state index contributed by atoms with van der Waals surface area (Å²) in [6.45, 7) is 2.08. The van der Waals surface area contributed by atoms with Crippen LogP contribution in [0, 0.1) is 0 Å². The van der Waals surface area contributed by atoms with Crippen LogP contribution >= 0.6 is 0 Å². The highest BCUT2D eigenvalue weighted by Gasteiger charge is 2.31. The van der Waals surface area contributed by atoms with Gasteiger partial charge in [-0.15, -0.1) is 0 Å². The fourth-order valence-corrected chi connectivity index (χ4v) is 2.48. The minimum Gasteiger partial charge on any atom is -0.435 e. The van der Waals surface area contributed by atoms with Crippen LogP contribution in [0.5, 0.6) is 0 Å². The molecule has 0 bridgehead atoms. The summed E-state index contributed by atoms with van der Waals surface area (Å²) in [7, 11) is 0. The third kappa shape index (κ3) is 1.97. The molecule has 0 aromatic heterocycles. The van der Waals surface area contributed by atoms with Gasteiger partial charge in [0, 0.05) is 11.1 Å². The molecule has 3 heteroatoms. The lowest BCUT2D eigenvalue weighted by molar-refractivity contribution is 0.0391. The summed E-state index contributed by atoms with van der Waals surface area (Å²) >= 11 is 0. The van der Waals surface area contributed by atoms with E-state index in [1.165, 1.54) is 0 Å². The van der Waals surface area contributed by atoms with Gasteiger partial charge in [0.15, 0.2) is 6.10 Å². The zero-order chi connectivity index (χ0) is 13.2. The largest absolute Gasteiger partial charge is 0.509 e. The highest BCUT2D eigenvalue weighted by molar-refractivity contribution is 5.79. The normalized spacial score (nSPS) is 12.7. The van der Waals surface area contributed by atoms with E-state index < -0.39 is 6.16 Å². The highest BCUT2D eigenvalue weighted by atomic mass is 16.7. The van der Waals surface area contributed by atoms with E-state index in [1.54, 1.807) is 6.92 Å². The average molecular weight is 254 g/mol. The first-order valence-corrected chi connectivity index (χ1v) is 6.33. The van der Waals surface area contributed by atoms with E-state index >= 15 is 0 Å². The Bertz CT molecular complexity index is 573. The van der Waals surface area contributed by atoms with Gasteiger partial charge in [0.2, 0.25) is 0 Å². The number of fused-ring (bicyclic) bond motifs is 3. The van der Waals surface area contributed by atoms with Crippen molar-refractivity contribution in [2.45, 2.75) is 13.0 Å². The third-order valence-corrected chi connectivity index (χ3v) is 3.25. The Morgan fingerprint density at radius 3 is 2.05 bits per heavy atom. The van der Waals surface area contributed by atoms with Crippen LogP contribution in [0.2, 0.25) is 0 Å². The molecule has 0 spiro atoms. The fourth-order valence-electron chi connectivity index (χ4n) is 2.48. The maximum atomic E-state index is 11.6. The van der Waals surface area contributed by atoms with E-state index in [0.29, 0.717) is 6.61 Å². The second kappa shape index (κ2) is 4.76. The van der Waals surface area contributed by atoms with Crippen molar-refractivity contribution in [3.8, 4) is 11.1 Å². The van der Waals surface area contributed by atoms with Gasteiger partial charge in [-0.1, -0.05) is 48.5 Å². The van der Waals surface area contributed by atoms with Gasteiger partial charge in [-0.25, -0.2) is 4.79 Å². The molecule has 1 aliphatic rings. The molecule has 0 unspecified atom stereocenters. The van der Waals surface area contributed by atoms with Crippen LogP contribution in [0.15, 0.2) is 48.5 Å². The van der Waals surface area contributed by atoms with Gasteiger partial charge in [0.05, 0.1) is 6.61 Å². The van der Waals surface area contributed by atoms with Gasteiger partial charge >= 0.3 is 6.16 Å². The van der Waals surface area contributed by atoms with Crippen LogP contribution in [-0.2, 0) is 9.47 Å². The maximum absolute atomic E-state index is 11.6. The van der Waals surface area contributed by atoms with E-state index in [9.17, 15) is 4.79 Å². The van der Waals surface area contributed by atoms with Gasteiger partial charge in [0.25, 0.3) is 0 Å². The molecule has 1 aliphatic carbocycles. The summed E-state index contributed by atoms with van der Waals surface area (Å²) in [5.41, 5.74) is 4.26. The van der Waals surface area contributed by atoms with Gasteiger partial charge in [0.1, 0.15) is 0 Å². The first kappa shape index (κ1) is 11.8. The summed E-state index contributed by atoms with van der Waals surface area (Å²) in [6, 6.07) is 15.9. The Hall–Kier alpha value is -2.29. The molecule has 0 atom stereocenters. The molecule has 3 rings (SSSR count). The molecule has 0 N–H and O–H groups in total. The van der Waals surface area contributed by atoms with Crippen LogP contribution < -0.4 is 0 Å². The number of rotatable bonds is 2. The second-order valence-electron chi connectivity index (χ2n) is 4.36. The first-order chi connectivity index (χ1) is 9.31. The molecular formula is C16H14O3. The molecule has 19 heavy (non-hydrogen) atoms. The third-order valence-electron chi connectivity index (χ3n) is 3.25. The molecule has 0 heterocycles. The predicted molar refractivity (Wildman–Crippen MR) is 71.8 cm³/mol. The molecule has 2 aromatic rings. The van der Waals surface area contributed by atoms with E-state index in [4.69, 9.17) is 9.47 Å². The Morgan fingerprint density at radius 2 is 1.53 bits per heavy atom. The SMILES string of the molecule is CCOC(=O)OC1c2ccccc2-c2ccccc21. The minimum atomic E-state index is -0.626. The number of benzene rings is 2. The number of ether oxygens (including phenoxy) is 2. The van der Waals surface area contributed by atoms with Gasteiger partial charge in [-0.05, 0) is 18.1 Å². The molecule has 0 saturated heterocycles. The van der Waals surface area contributed by atoms with Gasteiger partial charge in [-0.3, -0.25) is 0 Å². The Kier molecular flexibility index (Phi) is 2.95. The molecular weight excluding hydrogens is 240 g/mol. The van der Waals surface area contributed by atoms with E-state index in [-0.39, 0.29) is 6.10 Å². The molecule has 0 aliphatic heterocycles. The van der Waals surface area contributed by atoms with Crippen molar-refractivity contribution in [2.75, 3.05) is 6.61 Å². The maximum Gasteiger partial charge on any atom is 0.509 e. The smallest absolute Gasteiger partial charge is 0.435 e. The van der Waals surface area contributed by atoms with Gasteiger partial charge < -0.3 is 9.47 Å². The Balaban J connectivity index is 2.02. The standard InChI is InChI=1S/C16H14O3/c1-2-18-16(17)19-15-13-9-5-3-7-11(13)12-8-4-6-10-14(12)15/h3-10,15H,2H2,1H3. The fraction of sp³-hybridized carbons (Fsp3) is 0.188. The van der Waals surface area contributed by atoms with Crippen molar-refractivity contribution in [3.63, 3.8) is 0 Å². The van der Waals surface area contributed by atoms with Crippen LogP contribution in [0.3, 0.4) is 0 Å². The monoisotopic (exact) mass is 254 g/mol. The molecule has 0 amide bonds. The van der Waals surface area contributed by atoms with Crippen molar-refractivity contribution in [3.05, 3.63) is 59.7 Å². The number of hydrogen-bond donors (Lipinski definition) is 0. The lowest BCUT2D eigenvalue weighted by Gasteiger charge is -2.14. The summed E-state index contributed by atoms with van der Waals surface area (Å²) in [4.78, 5) is 11.6. The highest BCUT2D eigenvalue weighted by Crippen LogP contribution is 2.45. The predicted octanol–water partition coefficient (Wildman–Crippen LogP) is 3.93.